The van der Waals surface area contributed by atoms with Crippen LogP contribution in [-0.2, 0) is 25.4 Å². The highest BCUT2D eigenvalue weighted by atomic mass is 79.9. The van der Waals surface area contributed by atoms with E-state index in [1.54, 1.807) is 0 Å². The van der Waals surface area contributed by atoms with Gasteiger partial charge in [0.1, 0.15) is 5.75 Å². The Balaban J connectivity index is 1.69. The third-order valence-electron chi connectivity index (χ3n) is 5.43. The normalized spacial score (nSPS) is 12.0. The zero-order valence-electron chi connectivity index (χ0n) is 19.3. The van der Waals surface area contributed by atoms with Crippen molar-refractivity contribution in [2.45, 2.75) is 25.4 Å². The number of benzene rings is 3. The Morgan fingerprint density at radius 2 is 1.33 bits per heavy atom. The average molecular weight is 679 g/mol. The maximum absolute atomic E-state index is 13.4. The van der Waals surface area contributed by atoms with Gasteiger partial charge in [-0.2, -0.15) is 31.3 Å². The Kier molecular flexibility index (Phi) is 8.07. The van der Waals surface area contributed by atoms with Gasteiger partial charge in [-0.1, -0.05) is 29.4 Å². The van der Waals surface area contributed by atoms with Crippen LogP contribution in [0, 0.1) is 0 Å². The molecule has 1 amide bonds. The van der Waals surface area contributed by atoms with E-state index >= 15 is 0 Å². The number of halogens is 8. The van der Waals surface area contributed by atoms with Crippen molar-refractivity contribution in [1.82, 2.24) is 15.0 Å². The van der Waals surface area contributed by atoms with Crippen molar-refractivity contribution in [3.8, 4) is 17.1 Å². The average Bonchev–Trinajstić information content (AvgIpc) is 3.36. The maximum Gasteiger partial charge on any atom is 0.416 e. The summed E-state index contributed by atoms with van der Waals surface area (Å²) in [5, 5.41) is 13.7. The molecule has 0 aliphatic heterocycles. The molecule has 0 aliphatic rings. The van der Waals surface area contributed by atoms with E-state index in [4.69, 9.17) is 4.52 Å². The first-order valence-corrected chi connectivity index (χ1v) is 12.4. The number of nitrogens with zero attached hydrogens (tertiary/aromatic N) is 3. The highest BCUT2D eigenvalue weighted by Gasteiger charge is 2.32. The number of rotatable bonds is 6. The summed E-state index contributed by atoms with van der Waals surface area (Å²) in [4.78, 5) is 18.4. The van der Waals surface area contributed by atoms with Gasteiger partial charge in [0.15, 0.2) is 0 Å². The number of aromatic nitrogens is 2. The zero-order chi connectivity index (χ0) is 28.5. The van der Waals surface area contributed by atoms with E-state index < -0.39 is 48.4 Å². The zero-order valence-corrected chi connectivity index (χ0v) is 22.5. The molecule has 0 fully saturated rings. The van der Waals surface area contributed by atoms with Crippen LogP contribution in [0.4, 0.5) is 26.3 Å². The van der Waals surface area contributed by atoms with Gasteiger partial charge in [-0.05, 0) is 79.4 Å². The number of hydrogen-bond acceptors (Lipinski definition) is 5. The minimum absolute atomic E-state index is 0.0437. The van der Waals surface area contributed by atoms with Crippen molar-refractivity contribution in [2.75, 3.05) is 0 Å². The monoisotopic (exact) mass is 677 g/mol. The second-order valence-corrected chi connectivity index (χ2v) is 9.98. The molecule has 0 atom stereocenters. The molecule has 0 saturated heterocycles. The fourth-order valence-corrected chi connectivity index (χ4v) is 4.78. The molecule has 3 aromatic carbocycles. The number of alkyl halides is 6. The Morgan fingerprint density at radius 3 is 1.79 bits per heavy atom. The number of phenolic OH excluding ortho intramolecular Hbond substituents is 1. The number of hydrogen-bond donors (Lipinski definition) is 1. The van der Waals surface area contributed by atoms with Crippen LogP contribution in [-0.4, -0.2) is 26.1 Å². The quantitative estimate of drug-likeness (QED) is 0.210. The third-order valence-corrected chi connectivity index (χ3v) is 6.64. The van der Waals surface area contributed by atoms with E-state index in [2.05, 4.69) is 42.0 Å². The summed E-state index contributed by atoms with van der Waals surface area (Å²) in [6.45, 7) is -0.792. The van der Waals surface area contributed by atoms with Gasteiger partial charge in [-0.25, -0.2) is 0 Å². The van der Waals surface area contributed by atoms with Crippen molar-refractivity contribution in [2.24, 2.45) is 0 Å². The lowest BCUT2D eigenvalue weighted by atomic mass is 10.1. The van der Waals surface area contributed by atoms with Crippen molar-refractivity contribution in [3.63, 3.8) is 0 Å². The first-order chi connectivity index (χ1) is 18.2. The third kappa shape index (κ3) is 6.79. The molecule has 0 unspecified atom stereocenters. The fraction of sp³-hybridized carbons (Fsp3) is 0.160. The molecule has 1 heterocycles. The molecule has 6 nitrogen and oxygen atoms in total. The number of aromatic hydroxyl groups is 1. The largest absolute Gasteiger partial charge is 0.506 e. The molecule has 0 spiro atoms. The predicted octanol–water partition coefficient (Wildman–Crippen LogP) is 7.85. The molecule has 14 heteroatoms. The second kappa shape index (κ2) is 11.0. The molecule has 39 heavy (non-hydrogen) atoms. The summed E-state index contributed by atoms with van der Waals surface area (Å²) in [6.07, 6.45) is -9.28. The minimum Gasteiger partial charge on any atom is -0.506 e. The van der Waals surface area contributed by atoms with E-state index in [1.165, 1.54) is 24.3 Å². The number of carbonyl (C=O) groups excluding carboxylic acids is 1. The van der Waals surface area contributed by atoms with E-state index in [0.717, 1.165) is 41.3 Å². The number of phenols is 1. The van der Waals surface area contributed by atoms with E-state index in [-0.39, 0.29) is 22.7 Å². The lowest BCUT2D eigenvalue weighted by Gasteiger charge is -2.22. The highest BCUT2D eigenvalue weighted by Crippen LogP contribution is 2.36. The van der Waals surface area contributed by atoms with Crippen LogP contribution in [0.2, 0.25) is 0 Å². The van der Waals surface area contributed by atoms with Crippen LogP contribution in [0.15, 0.2) is 74.1 Å². The Morgan fingerprint density at radius 1 is 0.846 bits per heavy atom. The molecule has 1 aromatic heterocycles. The molecule has 0 saturated carbocycles. The van der Waals surface area contributed by atoms with E-state index in [0.29, 0.717) is 14.5 Å². The van der Waals surface area contributed by atoms with Gasteiger partial charge in [0.2, 0.25) is 5.82 Å². The van der Waals surface area contributed by atoms with Crippen LogP contribution >= 0.6 is 31.9 Å². The van der Waals surface area contributed by atoms with Gasteiger partial charge in [0.05, 0.1) is 20.1 Å². The van der Waals surface area contributed by atoms with Crippen LogP contribution in [0.25, 0.3) is 11.4 Å². The van der Waals surface area contributed by atoms with Gasteiger partial charge in [-0.15, -0.1) is 0 Å². The smallest absolute Gasteiger partial charge is 0.416 e. The molecule has 4 aromatic rings. The molecule has 1 N–H and O–H groups in total. The fourth-order valence-electron chi connectivity index (χ4n) is 3.59. The molecule has 204 valence electrons. The summed E-state index contributed by atoms with van der Waals surface area (Å²) < 4.78 is 85.1. The van der Waals surface area contributed by atoms with Gasteiger partial charge >= 0.3 is 24.2 Å². The highest BCUT2D eigenvalue weighted by molar-refractivity contribution is 9.11. The molecule has 0 radical (unpaired) electrons. The molecule has 0 bridgehead atoms. The summed E-state index contributed by atoms with van der Waals surface area (Å²) >= 11 is 6.33. The predicted molar refractivity (Wildman–Crippen MR) is 133 cm³/mol. The summed E-state index contributed by atoms with van der Waals surface area (Å²) in [6, 6.07) is 11.4. The van der Waals surface area contributed by atoms with Crippen LogP contribution in [0.3, 0.4) is 0 Å². The minimum atomic E-state index is -4.64. The van der Waals surface area contributed by atoms with E-state index in [1.807, 2.05) is 0 Å². The summed E-state index contributed by atoms with van der Waals surface area (Å²) in [7, 11) is 0. The van der Waals surface area contributed by atoms with Gasteiger partial charge in [0.25, 0.3) is 0 Å². The molecule has 4 rings (SSSR count). The van der Waals surface area contributed by atoms with Crippen molar-refractivity contribution in [3.05, 3.63) is 97.8 Å². The van der Waals surface area contributed by atoms with Crippen LogP contribution in [0.5, 0.6) is 5.75 Å². The topological polar surface area (TPSA) is 79.5 Å². The van der Waals surface area contributed by atoms with Crippen molar-refractivity contribution < 1.29 is 40.8 Å². The summed E-state index contributed by atoms with van der Waals surface area (Å²) in [5.41, 5.74) is -1.39. The van der Waals surface area contributed by atoms with Crippen molar-refractivity contribution in [1.29, 1.82) is 0 Å². The summed E-state index contributed by atoms with van der Waals surface area (Å²) in [5.74, 6) is -1.59. The Hall–Kier alpha value is -3.39. The van der Waals surface area contributed by atoms with Gasteiger partial charge in [0, 0.05) is 18.7 Å². The lowest BCUT2D eigenvalue weighted by Crippen LogP contribution is -2.30. The van der Waals surface area contributed by atoms with Crippen LogP contribution < -0.4 is 0 Å². The standard InChI is InChI=1S/C25H15Br2F6N3O3/c26-18-9-15(10-19(27)20(18)37)21-34-22(39-35-21)23(38)36(11-13-3-1-5-16(7-13)24(28,29)30)12-14-4-2-6-17(8-14)25(31,32)33/h1-10,37H,11-12H2. The maximum atomic E-state index is 13.4. The van der Waals surface area contributed by atoms with Crippen LogP contribution in [0.1, 0.15) is 32.9 Å². The van der Waals surface area contributed by atoms with Crippen molar-refractivity contribution >= 4 is 37.8 Å². The first-order valence-electron chi connectivity index (χ1n) is 10.9. The van der Waals surface area contributed by atoms with E-state index in [9.17, 15) is 36.2 Å². The Bertz CT molecular complexity index is 1440. The number of amides is 1. The second-order valence-electron chi connectivity index (χ2n) is 8.27. The SMILES string of the molecule is O=C(c1nc(-c2cc(Br)c(O)c(Br)c2)no1)N(Cc1cccc(C(F)(F)F)c1)Cc1cccc(C(F)(F)F)c1. The van der Waals surface area contributed by atoms with Gasteiger partial charge < -0.3 is 14.5 Å². The number of carbonyl (C=O) groups is 1. The first kappa shape index (κ1) is 28.6. The van der Waals surface area contributed by atoms with Gasteiger partial charge in [-0.3, -0.25) is 4.79 Å². The molecule has 0 aliphatic carbocycles. The Labute approximate surface area is 233 Å². The molecular weight excluding hydrogens is 664 g/mol. The lowest BCUT2D eigenvalue weighted by molar-refractivity contribution is -0.138. The molecular formula is C25H15Br2F6N3O3.